The van der Waals surface area contributed by atoms with Gasteiger partial charge in [-0.3, -0.25) is 0 Å². The van der Waals surface area contributed by atoms with Crippen LogP contribution in [0.1, 0.15) is 31.2 Å². The number of pyridine rings is 1. The van der Waals surface area contributed by atoms with E-state index >= 15 is 0 Å². The molecule has 0 atom stereocenters. The number of anilines is 1. The molecule has 0 aromatic carbocycles. The molecule has 0 aliphatic heterocycles. The van der Waals surface area contributed by atoms with Crippen molar-refractivity contribution in [1.82, 2.24) is 10.3 Å². The Morgan fingerprint density at radius 3 is 2.52 bits per heavy atom. The van der Waals surface area contributed by atoms with Crippen molar-refractivity contribution in [2.75, 3.05) is 11.4 Å². The minimum absolute atomic E-state index is 0.0907. The van der Waals surface area contributed by atoms with Crippen LogP contribution in [0.2, 0.25) is 5.02 Å². The summed E-state index contributed by atoms with van der Waals surface area (Å²) in [5, 5.41) is 3.62. The SMILES string of the molecule is FC(F)(F)CN(c1ncc(CNC2CC2)cc1Cl)C1CC1. The average Bonchev–Trinajstić information content (AvgIpc) is 3.26. The lowest BCUT2D eigenvalue weighted by molar-refractivity contribution is -0.120. The van der Waals surface area contributed by atoms with Crippen molar-refractivity contribution < 1.29 is 13.2 Å². The molecule has 0 radical (unpaired) electrons. The van der Waals surface area contributed by atoms with Gasteiger partial charge >= 0.3 is 6.18 Å². The molecule has 116 valence electrons. The van der Waals surface area contributed by atoms with E-state index < -0.39 is 12.7 Å². The predicted octanol–water partition coefficient (Wildman–Crippen LogP) is 3.52. The predicted molar refractivity (Wildman–Crippen MR) is 75.5 cm³/mol. The maximum absolute atomic E-state index is 12.7. The zero-order valence-corrected chi connectivity index (χ0v) is 12.2. The van der Waals surface area contributed by atoms with Crippen LogP contribution in [0.25, 0.3) is 0 Å². The molecule has 3 rings (SSSR count). The van der Waals surface area contributed by atoms with E-state index in [0.717, 1.165) is 18.4 Å². The van der Waals surface area contributed by atoms with Crippen LogP contribution >= 0.6 is 11.6 Å². The van der Waals surface area contributed by atoms with E-state index in [-0.39, 0.29) is 11.9 Å². The summed E-state index contributed by atoms with van der Waals surface area (Å²) in [6.45, 7) is -0.343. The summed E-state index contributed by atoms with van der Waals surface area (Å²) in [6.07, 6.45) is 1.25. The lowest BCUT2D eigenvalue weighted by atomic mass is 10.2. The Labute approximate surface area is 126 Å². The molecule has 0 amide bonds. The van der Waals surface area contributed by atoms with Crippen LogP contribution in [0, 0.1) is 0 Å². The van der Waals surface area contributed by atoms with E-state index in [1.807, 2.05) is 0 Å². The highest BCUT2D eigenvalue weighted by molar-refractivity contribution is 6.33. The normalized spacial score (nSPS) is 18.9. The molecule has 2 aliphatic carbocycles. The zero-order valence-electron chi connectivity index (χ0n) is 11.5. The van der Waals surface area contributed by atoms with Gasteiger partial charge in [-0.05, 0) is 37.3 Å². The second-order valence-corrected chi connectivity index (χ2v) is 6.19. The molecule has 0 bridgehead atoms. The minimum atomic E-state index is -4.25. The van der Waals surface area contributed by atoms with Crippen LogP contribution in [0.15, 0.2) is 12.3 Å². The quantitative estimate of drug-likeness (QED) is 0.869. The van der Waals surface area contributed by atoms with Gasteiger partial charge in [0.2, 0.25) is 0 Å². The molecule has 1 aromatic rings. The van der Waals surface area contributed by atoms with Crippen molar-refractivity contribution in [3.63, 3.8) is 0 Å². The highest BCUT2D eigenvalue weighted by atomic mass is 35.5. The van der Waals surface area contributed by atoms with E-state index in [0.29, 0.717) is 17.6 Å². The molecule has 2 saturated carbocycles. The van der Waals surface area contributed by atoms with Gasteiger partial charge in [0.05, 0.1) is 5.02 Å². The highest BCUT2D eigenvalue weighted by Gasteiger charge is 2.39. The molecule has 0 saturated heterocycles. The molecule has 0 unspecified atom stereocenters. The molecular weight excluding hydrogens is 303 g/mol. The summed E-state index contributed by atoms with van der Waals surface area (Å²) in [4.78, 5) is 5.45. The van der Waals surface area contributed by atoms with Gasteiger partial charge in [-0.2, -0.15) is 13.2 Å². The van der Waals surface area contributed by atoms with Gasteiger partial charge in [0.1, 0.15) is 12.4 Å². The second kappa shape index (κ2) is 5.65. The Balaban J connectivity index is 1.72. The summed E-state index contributed by atoms with van der Waals surface area (Å²) in [5.41, 5.74) is 0.901. The molecular formula is C14H17ClF3N3. The number of alkyl halides is 3. The average molecular weight is 320 g/mol. The van der Waals surface area contributed by atoms with Gasteiger partial charge in [0.25, 0.3) is 0 Å². The molecule has 3 nitrogen and oxygen atoms in total. The maximum Gasteiger partial charge on any atom is 0.405 e. The first-order chi connectivity index (χ1) is 9.92. The first-order valence-corrected chi connectivity index (χ1v) is 7.51. The molecule has 7 heteroatoms. The lowest BCUT2D eigenvalue weighted by Crippen LogP contribution is -2.36. The minimum Gasteiger partial charge on any atom is -0.343 e. The summed E-state index contributed by atoms with van der Waals surface area (Å²) >= 11 is 6.16. The third-order valence-corrected chi connectivity index (χ3v) is 3.94. The van der Waals surface area contributed by atoms with E-state index in [9.17, 15) is 13.2 Å². The number of halogens is 4. The molecule has 1 N–H and O–H groups in total. The molecule has 2 aliphatic rings. The molecule has 21 heavy (non-hydrogen) atoms. The molecule has 1 aromatic heterocycles. The summed E-state index contributed by atoms with van der Waals surface area (Å²) in [6, 6.07) is 2.19. The fraction of sp³-hybridized carbons (Fsp3) is 0.643. The summed E-state index contributed by atoms with van der Waals surface area (Å²) < 4.78 is 38.1. The van der Waals surface area contributed by atoms with Crippen molar-refractivity contribution in [3.05, 3.63) is 22.8 Å². The fourth-order valence-electron chi connectivity index (χ4n) is 2.28. The van der Waals surface area contributed by atoms with Crippen molar-refractivity contribution in [1.29, 1.82) is 0 Å². The van der Waals surface area contributed by atoms with Gasteiger partial charge in [-0.15, -0.1) is 0 Å². The summed E-state index contributed by atoms with van der Waals surface area (Å²) in [7, 11) is 0. The van der Waals surface area contributed by atoms with E-state index in [2.05, 4.69) is 10.3 Å². The van der Waals surface area contributed by atoms with Crippen molar-refractivity contribution >= 4 is 17.4 Å². The molecule has 2 fully saturated rings. The summed E-state index contributed by atoms with van der Waals surface area (Å²) in [5.74, 6) is 0.242. The van der Waals surface area contributed by atoms with Gasteiger partial charge < -0.3 is 10.2 Å². The van der Waals surface area contributed by atoms with E-state index in [1.165, 1.54) is 17.7 Å². The highest BCUT2D eigenvalue weighted by Crippen LogP contribution is 2.36. The number of hydrogen-bond donors (Lipinski definition) is 1. The Morgan fingerprint density at radius 2 is 2.00 bits per heavy atom. The monoisotopic (exact) mass is 319 g/mol. The first-order valence-electron chi connectivity index (χ1n) is 7.13. The van der Waals surface area contributed by atoms with Gasteiger partial charge in [-0.25, -0.2) is 4.98 Å². The van der Waals surface area contributed by atoms with Crippen LogP contribution in [0.3, 0.4) is 0 Å². The van der Waals surface area contributed by atoms with Crippen molar-refractivity contribution in [3.8, 4) is 0 Å². The molecule has 0 spiro atoms. The van der Waals surface area contributed by atoms with Crippen LogP contribution in [0.4, 0.5) is 19.0 Å². The standard InChI is InChI=1S/C14H17ClF3N3/c15-12-5-9(6-19-10-1-2-10)7-20-13(12)21(11-3-4-11)8-14(16,17)18/h5,7,10-11,19H,1-4,6,8H2. The van der Waals surface area contributed by atoms with E-state index in [4.69, 9.17) is 11.6 Å². The smallest absolute Gasteiger partial charge is 0.343 e. The maximum atomic E-state index is 12.7. The molecule has 1 heterocycles. The van der Waals surface area contributed by atoms with E-state index in [1.54, 1.807) is 12.3 Å². The second-order valence-electron chi connectivity index (χ2n) is 5.78. The van der Waals surface area contributed by atoms with Gasteiger partial charge in [0.15, 0.2) is 0 Å². The number of aromatic nitrogens is 1. The number of nitrogens with one attached hydrogen (secondary N) is 1. The third kappa shape index (κ3) is 4.23. The number of rotatable bonds is 6. The van der Waals surface area contributed by atoms with Crippen LogP contribution in [0.5, 0.6) is 0 Å². The Hall–Kier alpha value is -1.01. The number of nitrogens with zero attached hydrogens (tertiary/aromatic N) is 2. The van der Waals surface area contributed by atoms with Gasteiger partial charge in [-0.1, -0.05) is 11.6 Å². The van der Waals surface area contributed by atoms with Crippen molar-refractivity contribution in [2.45, 2.75) is 50.5 Å². The number of hydrogen-bond acceptors (Lipinski definition) is 3. The van der Waals surface area contributed by atoms with Crippen LogP contribution < -0.4 is 10.2 Å². The van der Waals surface area contributed by atoms with Crippen LogP contribution in [-0.2, 0) is 6.54 Å². The Kier molecular flexibility index (Phi) is 4.01. The largest absolute Gasteiger partial charge is 0.405 e. The fourth-order valence-corrected chi connectivity index (χ4v) is 2.58. The Bertz CT molecular complexity index is 513. The topological polar surface area (TPSA) is 28.2 Å². The van der Waals surface area contributed by atoms with Gasteiger partial charge in [0, 0.05) is 24.8 Å². The third-order valence-electron chi connectivity index (χ3n) is 3.66. The zero-order chi connectivity index (χ0) is 15.0. The lowest BCUT2D eigenvalue weighted by Gasteiger charge is -2.25. The first kappa shape index (κ1) is 14.9. The van der Waals surface area contributed by atoms with Crippen molar-refractivity contribution in [2.24, 2.45) is 0 Å². The Morgan fingerprint density at radius 1 is 1.29 bits per heavy atom. The van der Waals surface area contributed by atoms with Crippen LogP contribution in [-0.4, -0.2) is 29.8 Å².